The first kappa shape index (κ1) is 16.4. The fourth-order valence-electron chi connectivity index (χ4n) is 3.27. The summed E-state index contributed by atoms with van der Waals surface area (Å²) in [7, 11) is 0. The molecule has 1 aliphatic heterocycles. The molecule has 1 N–H and O–H groups in total. The molecule has 3 aromatic heterocycles. The van der Waals surface area contributed by atoms with Gasteiger partial charge >= 0.3 is 0 Å². The first-order valence-electron chi connectivity index (χ1n) is 8.67. The van der Waals surface area contributed by atoms with Gasteiger partial charge in [-0.2, -0.15) is 0 Å². The zero-order chi connectivity index (χ0) is 18.1. The van der Waals surface area contributed by atoms with Gasteiger partial charge in [0.2, 0.25) is 0 Å². The van der Waals surface area contributed by atoms with Gasteiger partial charge in [0, 0.05) is 49.0 Å². The predicted molar refractivity (Wildman–Crippen MR) is 96.6 cm³/mol. The summed E-state index contributed by atoms with van der Waals surface area (Å²) in [5.41, 5.74) is 3.30. The number of nitrogens with zero attached hydrogens (tertiary/aromatic N) is 5. The molecule has 7 nitrogen and oxygen atoms in total. The van der Waals surface area contributed by atoms with Gasteiger partial charge in [-0.15, -0.1) is 0 Å². The van der Waals surface area contributed by atoms with Gasteiger partial charge < -0.3 is 9.88 Å². The van der Waals surface area contributed by atoms with E-state index in [0.717, 1.165) is 35.2 Å². The summed E-state index contributed by atoms with van der Waals surface area (Å²) in [6.45, 7) is 5.24. The number of carbonyl (C=O) groups excluding carboxylic acids is 1. The summed E-state index contributed by atoms with van der Waals surface area (Å²) in [4.78, 5) is 35.4. The van der Waals surface area contributed by atoms with Crippen LogP contribution in [-0.4, -0.2) is 48.8 Å². The molecule has 0 radical (unpaired) electrons. The summed E-state index contributed by atoms with van der Waals surface area (Å²) < 4.78 is 0. The number of pyridine rings is 1. The fourth-order valence-corrected chi connectivity index (χ4v) is 3.27. The molecule has 1 amide bonds. The summed E-state index contributed by atoms with van der Waals surface area (Å²) in [6, 6.07) is 5.50. The molecule has 4 heterocycles. The fraction of sp³-hybridized carbons (Fsp3) is 0.316. The highest BCUT2D eigenvalue weighted by Gasteiger charge is 2.30. The van der Waals surface area contributed by atoms with Crippen molar-refractivity contribution in [2.24, 2.45) is 0 Å². The number of aryl methyl sites for hydroxylation is 2. The molecule has 0 aliphatic carbocycles. The number of H-pyrrole nitrogens is 1. The summed E-state index contributed by atoms with van der Waals surface area (Å²) in [5.74, 6) is 1.66. The van der Waals surface area contributed by atoms with Crippen LogP contribution >= 0.6 is 0 Å². The SMILES string of the molecule is Cc1cc(-c2ncc(C)[nH]2)nc([C@H]2CCN(C(=O)c3cccnc3)C2)n1. The van der Waals surface area contributed by atoms with Gasteiger partial charge in [-0.25, -0.2) is 15.0 Å². The number of hydrogen-bond donors (Lipinski definition) is 1. The van der Waals surface area contributed by atoms with Crippen molar-refractivity contribution in [2.75, 3.05) is 13.1 Å². The lowest BCUT2D eigenvalue weighted by Crippen LogP contribution is -2.28. The van der Waals surface area contributed by atoms with E-state index in [1.54, 1.807) is 30.7 Å². The van der Waals surface area contributed by atoms with E-state index in [1.807, 2.05) is 24.8 Å². The number of imidazole rings is 1. The van der Waals surface area contributed by atoms with Crippen molar-refractivity contribution in [3.05, 3.63) is 59.6 Å². The molecular formula is C19H20N6O. The van der Waals surface area contributed by atoms with Gasteiger partial charge in [0.25, 0.3) is 5.91 Å². The molecule has 132 valence electrons. The number of carbonyl (C=O) groups is 1. The first-order valence-corrected chi connectivity index (χ1v) is 8.67. The van der Waals surface area contributed by atoms with Gasteiger partial charge in [0.15, 0.2) is 5.82 Å². The Morgan fingerprint density at radius 1 is 1.27 bits per heavy atom. The maximum Gasteiger partial charge on any atom is 0.255 e. The monoisotopic (exact) mass is 348 g/mol. The van der Waals surface area contributed by atoms with Gasteiger partial charge in [-0.3, -0.25) is 9.78 Å². The molecule has 1 fully saturated rings. The van der Waals surface area contributed by atoms with E-state index in [-0.39, 0.29) is 11.8 Å². The van der Waals surface area contributed by atoms with E-state index >= 15 is 0 Å². The summed E-state index contributed by atoms with van der Waals surface area (Å²) in [6.07, 6.45) is 5.92. The molecule has 3 aromatic rings. The lowest BCUT2D eigenvalue weighted by molar-refractivity contribution is 0.0790. The molecule has 1 aliphatic rings. The third-order valence-corrected chi connectivity index (χ3v) is 4.57. The smallest absolute Gasteiger partial charge is 0.255 e. The number of aromatic amines is 1. The van der Waals surface area contributed by atoms with Crippen LogP contribution in [0.1, 0.15) is 39.9 Å². The van der Waals surface area contributed by atoms with Crippen LogP contribution < -0.4 is 0 Å². The molecular weight excluding hydrogens is 328 g/mol. The van der Waals surface area contributed by atoms with E-state index in [9.17, 15) is 4.79 Å². The zero-order valence-electron chi connectivity index (χ0n) is 14.8. The maximum absolute atomic E-state index is 12.6. The second-order valence-electron chi connectivity index (χ2n) is 6.65. The topological polar surface area (TPSA) is 87.7 Å². The van der Waals surface area contributed by atoms with Crippen LogP contribution in [0.3, 0.4) is 0 Å². The highest BCUT2D eigenvalue weighted by atomic mass is 16.2. The number of likely N-dealkylation sites (tertiary alicyclic amines) is 1. The second-order valence-corrected chi connectivity index (χ2v) is 6.65. The molecule has 7 heteroatoms. The molecule has 0 aromatic carbocycles. The molecule has 0 spiro atoms. The van der Waals surface area contributed by atoms with Crippen molar-refractivity contribution < 1.29 is 4.79 Å². The Kier molecular flexibility index (Phi) is 4.20. The Morgan fingerprint density at radius 3 is 2.88 bits per heavy atom. The first-order chi connectivity index (χ1) is 12.6. The van der Waals surface area contributed by atoms with Crippen LogP contribution in [-0.2, 0) is 0 Å². The Labute approximate surface area is 151 Å². The van der Waals surface area contributed by atoms with Crippen LogP contribution in [0.15, 0.2) is 36.8 Å². The van der Waals surface area contributed by atoms with Crippen LogP contribution in [0.4, 0.5) is 0 Å². The van der Waals surface area contributed by atoms with E-state index < -0.39 is 0 Å². The third kappa shape index (κ3) is 3.20. The Bertz CT molecular complexity index is 936. The largest absolute Gasteiger partial charge is 0.341 e. The quantitative estimate of drug-likeness (QED) is 0.786. The third-order valence-electron chi connectivity index (χ3n) is 4.57. The summed E-state index contributed by atoms with van der Waals surface area (Å²) in [5, 5.41) is 0. The molecule has 0 bridgehead atoms. The molecule has 0 unspecified atom stereocenters. The van der Waals surface area contributed by atoms with Gasteiger partial charge in [-0.05, 0) is 38.5 Å². The number of nitrogens with one attached hydrogen (secondary N) is 1. The standard InChI is InChI=1S/C19H20N6O/c1-12-8-16(18-21-9-13(2)23-18)24-17(22-12)15-5-7-25(11-15)19(26)14-4-3-6-20-10-14/h3-4,6,8-10,15H,5,7,11H2,1-2H3,(H,21,23)/t15-/m0/s1. The molecule has 1 atom stereocenters. The minimum absolute atomic E-state index is 0.00939. The van der Waals surface area contributed by atoms with Crippen molar-refractivity contribution in [1.29, 1.82) is 0 Å². The molecule has 1 saturated heterocycles. The van der Waals surface area contributed by atoms with E-state index in [1.165, 1.54) is 0 Å². The van der Waals surface area contributed by atoms with E-state index in [0.29, 0.717) is 18.7 Å². The van der Waals surface area contributed by atoms with Gasteiger partial charge in [0.1, 0.15) is 11.5 Å². The van der Waals surface area contributed by atoms with Crippen LogP contribution in [0, 0.1) is 13.8 Å². The van der Waals surface area contributed by atoms with Crippen molar-refractivity contribution in [3.63, 3.8) is 0 Å². The van der Waals surface area contributed by atoms with Gasteiger partial charge in [0.05, 0.1) is 5.56 Å². The van der Waals surface area contributed by atoms with Crippen LogP contribution in [0.25, 0.3) is 11.5 Å². The highest BCUT2D eigenvalue weighted by molar-refractivity contribution is 5.94. The van der Waals surface area contributed by atoms with Crippen molar-refractivity contribution in [1.82, 2.24) is 29.8 Å². The normalized spacial score (nSPS) is 16.8. The minimum atomic E-state index is 0.00939. The molecule has 0 saturated carbocycles. The van der Waals surface area contributed by atoms with Crippen molar-refractivity contribution >= 4 is 5.91 Å². The van der Waals surface area contributed by atoms with Crippen molar-refractivity contribution in [3.8, 4) is 11.5 Å². The van der Waals surface area contributed by atoms with Crippen LogP contribution in [0.2, 0.25) is 0 Å². The lowest BCUT2D eigenvalue weighted by atomic mass is 10.1. The Morgan fingerprint density at radius 2 is 2.15 bits per heavy atom. The number of hydrogen-bond acceptors (Lipinski definition) is 5. The highest BCUT2D eigenvalue weighted by Crippen LogP contribution is 2.27. The average molecular weight is 348 g/mol. The number of aromatic nitrogens is 5. The summed E-state index contributed by atoms with van der Waals surface area (Å²) >= 11 is 0. The number of rotatable bonds is 3. The van der Waals surface area contributed by atoms with E-state index in [4.69, 9.17) is 4.98 Å². The lowest BCUT2D eigenvalue weighted by Gasteiger charge is -2.16. The zero-order valence-corrected chi connectivity index (χ0v) is 14.8. The van der Waals surface area contributed by atoms with E-state index in [2.05, 4.69) is 19.9 Å². The molecule has 26 heavy (non-hydrogen) atoms. The second kappa shape index (κ2) is 6.67. The van der Waals surface area contributed by atoms with Crippen molar-refractivity contribution in [2.45, 2.75) is 26.2 Å². The Hall–Kier alpha value is -3.09. The minimum Gasteiger partial charge on any atom is -0.341 e. The number of amides is 1. The Balaban J connectivity index is 1.55. The van der Waals surface area contributed by atoms with Gasteiger partial charge in [-0.1, -0.05) is 0 Å². The van der Waals surface area contributed by atoms with Crippen LogP contribution in [0.5, 0.6) is 0 Å². The average Bonchev–Trinajstić information content (AvgIpc) is 3.31. The molecule has 4 rings (SSSR count). The maximum atomic E-state index is 12.6. The predicted octanol–water partition coefficient (Wildman–Crippen LogP) is 2.51.